The Bertz CT molecular complexity index is 750. The van der Waals surface area contributed by atoms with Crippen LogP contribution in [0.5, 0.6) is 0 Å². The van der Waals surface area contributed by atoms with Crippen LogP contribution in [0.3, 0.4) is 0 Å². The quantitative estimate of drug-likeness (QED) is 0.734. The Hall–Kier alpha value is -2.43. The van der Waals surface area contributed by atoms with Gasteiger partial charge in [-0.15, -0.1) is 0 Å². The lowest BCUT2D eigenvalue weighted by molar-refractivity contribution is 0.625. The number of aromatic nitrogens is 3. The van der Waals surface area contributed by atoms with E-state index in [2.05, 4.69) is 9.97 Å². The molecular formula is C15H15FN4. The van der Waals surface area contributed by atoms with E-state index in [4.69, 9.17) is 0 Å². The summed E-state index contributed by atoms with van der Waals surface area (Å²) in [6, 6.07) is 10.4. The van der Waals surface area contributed by atoms with E-state index < -0.39 is 0 Å². The molecule has 0 unspecified atom stereocenters. The van der Waals surface area contributed by atoms with Crippen LogP contribution in [-0.4, -0.2) is 21.6 Å². The van der Waals surface area contributed by atoms with E-state index in [0.717, 1.165) is 22.7 Å². The molecule has 0 radical (unpaired) electrons. The first kappa shape index (κ1) is 12.6. The molecule has 0 aliphatic rings. The van der Waals surface area contributed by atoms with Gasteiger partial charge in [-0.25, -0.2) is 14.4 Å². The fourth-order valence-corrected chi connectivity index (χ4v) is 2.33. The number of halogens is 1. The SMILES string of the molecule is CN(Cc1cccc(F)c1)c1nc2cccnc2n1C. The number of hydrogen-bond acceptors (Lipinski definition) is 3. The molecule has 5 heteroatoms. The molecule has 0 spiro atoms. The summed E-state index contributed by atoms with van der Waals surface area (Å²) in [4.78, 5) is 10.9. The summed E-state index contributed by atoms with van der Waals surface area (Å²) in [5, 5.41) is 0. The zero-order valence-electron chi connectivity index (χ0n) is 11.4. The van der Waals surface area contributed by atoms with Gasteiger partial charge in [-0.1, -0.05) is 12.1 Å². The highest BCUT2D eigenvalue weighted by atomic mass is 19.1. The highest BCUT2D eigenvalue weighted by Gasteiger charge is 2.12. The lowest BCUT2D eigenvalue weighted by Crippen LogP contribution is -2.20. The van der Waals surface area contributed by atoms with Crippen LogP contribution in [-0.2, 0) is 13.6 Å². The van der Waals surface area contributed by atoms with Crippen molar-refractivity contribution in [1.82, 2.24) is 14.5 Å². The number of fused-ring (bicyclic) bond motifs is 1. The minimum absolute atomic E-state index is 0.220. The van der Waals surface area contributed by atoms with Crippen LogP contribution in [0.25, 0.3) is 11.2 Å². The molecule has 102 valence electrons. The fourth-order valence-electron chi connectivity index (χ4n) is 2.33. The van der Waals surface area contributed by atoms with E-state index in [-0.39, 0.29) is 5.82 Å². The molecule has 20 heavy (non-hydrogen) atoms. The van der Waals surface area contributed by atoms with Gasteiger partial charge in [0.05, 0.1) is 0 Å². The molecule has 0 aliphatic carbocycles. The fraction of sp³-hybridized carbons (Fsp3) is 0.200. The number of imidazole rings is 1. The van der Waals surface area contributed by atoms with Gasteiger partial charge < -0.3 is 4.90 Å². The number of hydrogen-bond donors (Lipinski definition) is 0. The number of rotatable bonds is 3. The van der Waals surface area contributed by atoms with Gasteiger partial charge in [0.25, 0.3) is 0 Å². The van der Waals surface area contributed by atoms with Crippen molar-refractivity contribution < 1.29 is 4.39 Å². The molecule has 0 N–H and O–H groups in total. The molecule has 3 rings (SSSR count). The third-order valence-corrected chi connectivity index (χ3v) is 3.25. The topological polar surface area (TPSA) is 34.0 Å². The van der Waals surface area contributed by atoms with Crippen LogP contribution < -0.4 is 4.90 Å². The molecule has 4 nitrogen and oxygen atoms in total. The van der Waals surface area contributed by atoms with Crippen molar-refractivity contribution in [3.63, 3.8) is 0 Å². The van der Waals surface area contributed by atoms with Gasteiger partial charge in [-0.2, -0.15) is 0 Å². The van der Waals surface area contributed by atoms with Crippen molar-refractivity contribution in [1.29, 1.82) is 0 Å². The normalized spacial score (nSPS) is 10.9. The first-order valence-electron chi connectivity index (χ1n) is 6.38. The maximum atomic E-state index is 13.2. The molecule has 0 amide bonds. The van der Waals surface area contributed by atoms with Crippen molar-refractivity contribution >= 4 is 17.1 Å². The molecule has 0 saturated carbocycles. The lowest BCUT2D eigenvalue weighted by Gasteiger charge is -2.18. The summed E-state index contributed by atoms with van der Waals surface area (Å²) < 4.78 is 15.2. The zero-order chi connectivity index (χ0) is 14.1. The highest BCUT2D eigenvalue weighted by Crippen LogP contribution is 2.19. The second-order valence-electron chi connectivity index (χ2n) is 4.80. The molecule has 2 aromatic heterocycles. The zero-order valence-corrected chi connectivity index (χ0v) is 11.4. The third kappa shape index (κ3) is 2.22. The Balaban J connectivity index is 1.92. The van der Waals surface area contributed by atoms with Gasteiger partial charge >= 0.3 is 0 Å². The first-order chi connectivity index (χ1) is 9.65. The van der Waals surface area contributed by atoms with Crippen molar-refractivity contribution in [3.8, 4) is 0 Å². The summed E-state index contributed by atoms with van der Waals surface area (Å²) in [6.07, 6.45) is 1.75. The Morgan fingerprint density at radius 3 is 2.85 bits per heavy atom. The van der Waals surface area contributed by atoms with Crippen molar-refractivity contribution in [2.24, 2.45) is 7.05 Å². The number of anilines is 1. The molecule has 0 bridgehead atoms. The van der Waals surface area contributed by atoms with Crippen LogP contribution in [0.15, 0.2) is 42.6 Å². The summed E-state index contributed by atoms with van der Waals surface area (Å²) >= 11 is 0. The van der Waals surface area contributed by atoms with Crippen molar-refractivity contribution in [2.75, 3.05) is 11.9 Å². The molecular weight excluding hydrogens is 255 g/mol. The van der Waals surface area contributed by atoms with E-state index in [0.29, 0.717) is 6.54 Å². The minimum Gasteiger partial charge on any atom is -0.341 e. The van der Waals surface area contributed by atoms with Crippen LogP contribution in [0.2, 0.25) is 0 Å². The Morgan fingerprint density at radius 2 is 2.10 bits per heavy atom. The summed E-state index contributed by atoms with van der Waals surface area (Å²) in [7, 11) is 3.87. The number of benzene rings is 1. The maximum absolute atomic E-state index is 13.2. The van der Waals surface area contributed by atoms with Crippen LogP contribution in [0.4, 0.5) is 10.3 Å². The van der Waals surface area contributed by atoms with Gasteiger partial charge in [0, 0.05) is 26.8 Å². The Labute approximate surface area is 116 Å². The van der Waals surface area contributed by atoms with E-state index in [1.54, 1.807) is 12.3 Å². The van der Waals surface area contributed by atoms with Gasteiger partial charge in [0.15, 0.2) is 5.65 Å². The van der Waals surface area contributed by atoms with Gasteiger partial charge in [-0.05, 0) is 29.8 Å². The molecule has 0 saturated heterocycles. The molecule has 1 aromatic carbocycles. The number of nitrogens with zero attached hydrogens (tertiary/aromatic N) is 4. The summed E-state index contributed by atoms with van der Waals surface area (Å²) in [6.45, 7) is 0.592. The average molecular weight is 270 g/mol. The van der Waals surface area contributed by atoms with Gasteiger partial charge in [0.2, 0.25) is 5.95 Å². The molecule has 2 heterocycles. The number of aryl methyl sites for hydroxylation is 1. The third-order valence-electron chi connectivity index (χ3n) is 3.25. The highest BCUT2D eigenvalue weighted by molar-refractivity contribution is 5.74. The van der Waals surface area contributed by atoms with Crippen molar-refractivity contribution in [3.05, 3.63) is 54.0 Å². The second-order valence-corrected chi connectivity index (χ2v) is 4.80. The molecule has 0 aliphatic heterocycles. The smallest absolute Gasteiger partial charge is 0.207 e. The van der Waals surface area contributed by atoms with Gasteiger partial charge in [0.1, 0.15) is 11.3 Å². The van der Waals surface area contributed by atoms with E-state index in [9.17, 15) is 4.39 Å². The maximum Gasteiger partial charge on any atom is 0.207 e. The lowest BCUT2D eigenvalue weighted by atomic mass is 10.2. The monoisotopic (exact) mass is 270 g/mol. The van der Waals surface area contributed by atoms with Crippen molar-refractivity contribution in [2.45, 2.75) is 6.54 Å². The predicted octanol–water partition coefficient (Wildman–Crippen LogP) is 2.74. The van der Waals surface area contributed by atoms with Crippen LogP contribution in [0.1, 0.15) is 5.56 Å². The largest absolute Gasteiger partial charge is 0.341 e. The summed E-state index contributed by atoms with van der Waals surface area (Å²) in [5.41, 5.74) is 2.61. The van der Waals surface area contributed by atoms with E-state index >= 15 is 0 Å². The predicted molar refractivity (Wildman–Crippen MR) is 77.0 cm³/mol. The van der Waals surface area contributed by atoms with Crippen LogP contribution >= 0.6 is 0 Å². The molecule has 0 fully saturated rings. The minimum atomic E-state index is -0.220. The Morgan fingerprint density at radius 1 is 1.25 bits per heavy atom. The summed E-state index contributed by atoms with van der Waals surface area (Å²) in [5.74, 6) is 0.588. The Kier molecular flexibility index (Phi) is 3.10. The first-order valence-corrected chi connectivity index (χ1v) is 6.38. The second kappa shape index (κ2) is 4.92. The molecule has 0 atom stereocenters. The number of pyridine rings is 1. The van der Waals surface area contributed by atoms with Crippen LogP contribution in [0, 0.1) is 5.82 Å². The standard InChI is InChI=1S/C15H15FN4/c1-19(10-11-5-3-6-12(16)9-11)15-18-13-7-4-8-17-14(13)20(15)2/h3-9H,10H2,1-2H3. The van der Waals surface area contributed by atoms with E-state index in [1.165, 1.54) is 12.1 Å². The average Bonchev–Trinajstić information content (AvgIpc) is 2.77. The van der Waals surface area contributed by atoms with Gasteiger partial charge in [-0.3, -0.25) is 4.57 Å². The molecule has 3 aromatic rings. The van der Waals surface area contributed by atoms with E-state index in [1.807, 2.05) is 41.8 Å².